The molecule has 6 N–H and O–H groups in total. The van der Waals surface area contributed by atoms with Crippen LogP contribution in [0.2, 0.25) is 0 Å². The van der Waals surface area contributed by atoms with Crippen molar-refractivity contribution in [1.29, 1.82) is 0 Å². The van der Waals surface area contributed by atoms with E-state index in [-0.39, 0.29) is 22.8 Å². The molecular formula is C26H24Br2N6O4. The van der Waals surface area contributed by atoms with Gasteiger partial charge in [0.1, 0.15) is 0 Å². The number of hydrogen-bond acceptors (Lipinski definition) is 6. The molecule has 0 unspecified atom stereocenters. The number of hydrazone groups is 2. The van der Waals surface area contributed by atoms with E-state index in [0.717, 1.165) is 20.1 Å². The number of nitrogens with one attached hydrogen (secondary N) is 2. The summed E-state index contributed by atoms with van der Waals surface area (Å²) >= 11 is 6.69. The van der Waals surface area contributed by atoms with Gasteiger partial charge in [0.2, 0.25) is 0 Å². The maximum atomic E-state index is 11.6. The third-order valence-electron chi connectivity index (χ3n) is 4.38. The van der Waals surface area contributed by atoms with Gasteiger partial charge in [-0.2, -0.15) is 10.2 Å². The van der Waals surface area contributed by atoms with E-state index in [2.05, 4.69) is 62.9 Å². The lowest BCUT2D eigenvalue weighted by Crippen LogP contribution is -2.17. The van der Waals surface area contributed by atoms with Gasteiger partial charge in [0, 0.05) is 44.9 Å². The Morgan fingerprint density at radius 3 is 1.21 bits per heavy atom. The van der Waals surface area contributed by atoms with Gasteiger partial charge in [-0.3, -0.25) is 19.6 Å². The lowest BCUT2D eigenvalue weighted by Gasteiger charge is -1.98. The molecule has 2 aromatic carbocycles. The van der Waals surface area contributed by atoms with Crippen molar-refractivity contribution < 1.29 is 20.5 Å². The van der Waals surface area contributed by atoms with Crippen molar-refractivity contribution in [3.63, 3.8) is 0 Å². The first-order chi connectivity index (χ1) is 17.5. The molecule has 4 aromatic rings. The normalized spacial score (nSPS) is 9.95. The molecule has 12 heteroatoms. The summed E-state index contributed by atoms with van der Waals surface area (Å²) in [6, 6.07) is 21.7. The van der Waals surface area contributed by atoms with E-state index in [1.807, 2.05) is 48.5 Å². The third-order valence-corrected chi connectivity index (χ3v) is 5.44. The van der Waals surface area contributed by atoms with Crippen LogP contribution in [0.5, 0.6) is 0 Å². The van der Waals surface area contributed by atoms with Gasteiger partial charge >= 0.3 is 0 Å². The summed E-state index contributed by atoms with van der Waals surface area (Å²) in [6.45, 7) is 0. The van der Waals surface area contributed by atoms with Gasteiger partial charge in [-0.25, -0.2) is 10.9 Å². The Balaban J connectivity index is 0.000000361. The van der Waals surface area contributed by atoms with E-state index in [9.17, 15) is 9.59 Å². The second kappa shape index (κ2) is 17.4. The summed E-state index contributed by atoms with van der Waals surface area (Å²) in [5.41, 5.74) is 7.78. The summed E-state index contributed by atoms with van der Waals surface area (Å²) in [7, 11) is 0. The molecule has 0 aliphatic heterocycles. The number of nitrogens with zero attached hydrogens (tertiary/aromatic N) is 4. The van der Waals surface area contributed by atoms with E-state index in [0.29, 0.717) is 11.1 Å². The van der Waals surface area contributed by atoms with Crippen molar-refractivity contribution in [2.24, 2.45) is 10.2 Å². The lowest BCUT2D eigenvalue weighted by molar-refractivity contribution is 0.0947. The van der Waals surface area contributed by atoms with Crippen molar-refractivity contribution >= 4 is 56.1 Å². The zero-order chi connectivity index (χ0) is 25.6. The minimum Gasteiger partial charge on any atom is -0.412 e. The van der Waals surface area contributed by atoms with Crippen molar-refractivity contribution in [2.45, 2.75) is 0 Å². The van der Waals surface area contributed by atoms with Gasteiger partial charge in [-0.05, 0) is 59.7 Å². The molecule has 0 atom stereocenters. The summed E-state index contributed by atoms with van der Waals surface area (Å²) in [4.78, 5) is 30.9. The molecule has 4 rings (SSSR count). The quantitative estimate of drug-likeness (QED) is 0.242. The van der Waals surface area contributed by atoms with Crippen molar-refractivity contribution in [2.75, 3.05) is 0 Å². The average Bonchev–Trinajstić information content (AvgIpc) is 2.92. The van der Waals surface area contributed by atoms with Crippen molar-refractivity contribution in [3.8, 4) is 0 Å². The number of rotatable bonds is 6. The highest BCUT2D eigenvalue weighted by atomic mass is 79.9. The van der Waals surface area contributed by atoms with E-state index < -0.39 is 0 Å². The van der Waals surface area contributed by atoms with Gasteiger partial charge in [0.25, 0.3) is 11.8 Å². The van der Waals surface area contributed by atoms with Gasteiger partial charge < -0.3 is 11.0 Å². The molecule has 0 aliphatic rings. The number of carbonyl (C=O) groups is 2. The largest absolute Gasteiger partial charge is 0.412 e. The van der Waals surface area contributed by atoms with Crippen LogP contribution in [0.3, 0.4) is 0 Å². The van der Waals surface area contributed by atoms with Crippen molar-refractivity contribution in [1.82, 2.24) is 20.8 Å². The Morgan fingerprint density at radius 1 is 0.579 bits per heavy atom. The highest BCUT2D eigenvalue weighted by Gasteiger charge is 2.02. The minimum atomic E-state index is -0.259. The highest BCUT2D eigenvalue weighted by Crippen LogP contribution is 2.09. The Labute approximate surface area is 235 Å². The molecule has 0 aliphatic carbocycles. The first-order valence-electron chi connectivity index (χ1n) is 10.5. The fourth-order valence-corrected chi connectivity index (χ4v) is 3.09. The molecule has 2 amide bonds. The minimum absolute atomic E-state index is 0. The molecule has 0 bridgehead atoms. The third kappa shape index (κ3) is 11.3. The summed E-state index contributed by atoms with van der Waals surface area (Å²) in [6.07, 6.45) is 9.43. The van der Waals surface area contributed by atoms with Crippen LogP contribution >= 0.6 is 31.9 Å². The van der Waals surface area contributed by atoms with Crippen LogP contribution in [0.15, 0.2) is 117 Å². The van der Waals surface area contributed by atoms with E-state index in [1.54, 1.807) is 61.5 Å². The Kier molecular flexibility index (Phi) is 14.6. The SMILES string of the molecule is O.O.O=C(N/N=C/c1ccc(Br)cc1)c1ccncc1.O=C(N/N=C/c1ccc(Br)cc1)c1ccncc1. The number of halogens is 2. The second-order valence-corrected chi connectivity index (χ2v) is 8.80. The number of pyridine rings is 2. The van der Waals surface area contributed by atoms with Gasteiger partial charge in [0.15, 0.2) is 0 Å². The highest BCUT2D eigenvalue weighted by molar-refractivity contribution is 9.10. The Hall–Kier alpha value is -4.10. The van der Waals surface area contributed by atoms with E-state index in [1.165, 1.54) is 0 Å². The monoisotopic (exact) mass is 642 g/mol. The zero-order valence-corrected chi connectivity index (χ0v) is 22.9. The molecule has 196 valence electrons. The summed E-state index contributed by atoms with van der Waals surface area (Å²) in [5, 5.41) is 7.77. The number of hydrogen-bond donors (Lipinski definition) is 2. The molecule has 0 fully saturated rings. The Bertz CT molecular complexity index is 1220. The maximum Gasteiger partial charge on any atom is 0.271 e. The van der Waals surface area contributed by atoms with Crippen LogP contribution in [-0.2, 0) is 0 Å². The summed E-state index contributed by atoms with van der Waals surface area (Å²) < 4.78 is 2.00. The molecular weight excluding hydrogens is 620 g/mol. The Morgan fingerprint density at radius 2 is 0.895 bits per heavy atom. The topological polar surface area (TPSA) is 172 Å². The van der Waals surface area contributed by atoms with Gasteiger partial charge in [-0.1, -0.05) is 56.1 Å². The molecule has 0 spiro atoms. The van der Waals surface area contributed by atoms with Crippen LogP contribution in [0.1, 0.15) is 31.8 Å². The summed E-state index contributed by atoms with van der Waals surface area (Å²) in [5.74, 6) is -0.517. The lowest BCUT2D eigenvalue weighted by atomic mass is 10.2. The fourth-order valence-electron chi connectivity index (χ4n) is 2.56. The van der Waals surface area contributed by atoms with Crippen LogP contribution in [0.25, 0.3) is 0 Å². The van der Waals surface area contributed by atoms with Crippen LogP contribution in [-0.4, -0.2) is 45.2 Å². The molecule has 10 nitrogen and oxygen atoms in total. The van der Waals surface area contributed by atoms with Gasteiger partial charge in [0.05, 0.1) is 12.4 Å². The predicted octanol–water partition coefficient (Wildman–Crippen LogP) is 3.57. The standard InChI is InChI=1S/2C13H10BrN3O.2H2O/c2*14-12-3-1-10(2-4-12)9-16-17-13(18)11-5-7-15-8-6-11;;/h2*1-9H,(H,17,18);2*1H2/b2*16-9+;;. The number of benzene rings is 2. The van der Waals surface area contributed by atoms with E-state index >= 15 is 0 Å². The first kappa shape index (κ1) is 31.9. The molecule has 0 radical (unpaired) electrons. The van der Waals surface area contributed by atoms with Crippen molar-refractivity contribution in [3.05, 3.63) is 129 Å². The molecule has 38 heavy (non-hydrogen) atoms. The zero-order valence-electron chi connectivity index (χ0n) is 19.8. The van der Waals surface area contributed by atoms with Crippen LogP contribution in [0, 0.1) is 0 Å². The number of amides is 2. The average molecular weight is 644 g/mol. The number of aromatic nitrogens is 2. The molecule has 2 aromatic heterocycles. The first-order valence-corrected chi connectivity index (χ1v) is 12.1. The smallest absolute Gasteiger partial charge is 0.271 e. The van der Waals surface area contributed by atoms with Gasteiger partial charge in [-0.15, -0.1) is 0 Å². The molecule has 2 heterocycles. The van der Waals surface area contributed by atoms with Crippen LogP contribution < -0.4 is 10.9 Å². The maximum absolute atomic E-state index is 11.6. The second-order valence-electron chi connectivity index (χ2n) is 6.97. The van der Waals surface area contributed by atoms with E-state index in [4.69, 9.17) is 0 Å². The fraction of sp³-hybridized carbons (Fsp3) is 0. The van der Waals surface area contributed by atoms with Crippen LogP contribution in [0.4, 0.5) is 0 Å². The predicted molar refractivity (Wildman–Crippen MR) is 154 cm³/mol. The number of carbonyl (C=O) groups excluding carboxylic acids is 2. The molecule has 0 saturated carbocycles. The molecule has 0 saturated heterocycles.